The molecule has 1 N–H and O–H groups in total. The van der Waals surface area contributed by atoms with Gasteiger partial charge in [0.05, 0.1) is 0 Å². The van der Waals surface area contributed by atoms with Crippen LogP contribution in [0.5, 0.6) is 0 Å². The van der Waals surface area contributed by atoms with E-state index < -0.39 is 0 Å². The summed E-state index contributed by atoms with van der Waals surface area (Å²) in [5.41, 5.74) is 7.67. The minimum atomic E-state index is 0.203. The average molecular weight is 389 g/mol. The van der Waals surface area contributed by atoms with Crippen LogP contribution in [0.2, 0.25) is 0 Å². The van der Waals surface area contributed by atoms with Gasteiger partial charge in [-0.3, -0.25) is 0 Å². The van der Waals surface area contributed by atoms with Gasteiger partial charge in [0.1, 0.15) is 5.76 Å². The van der Waals surface area contributed by atoms with Crippen LogP contribution < -0.4 is 0 Å². The largest absolute Gasteiger partial charge is 0.508 e. The molecule has 0 saturated carbocycles. The lowest BCUT2D eigenvalue weighted by atomic mass is 9.75. The van der Waals surface area contributed by atoms with E-state index in [2.05, 4.69) is 75.9 Å². The van der Waals surface area contributed by atoms with Crippen molar-refractivity contribution in [1.29, 1.82) is 0 Å². The molecule has 0 amide bonds. The first-order valence-electron chi connectivity index (χ1n) is 10.00. The molecule has 2 heteroatoms. The lowest BCUT2D eigenvalue weighted by Crippen LogP contribution is -2.21. The van der Waals surface area contributed by atoms with Crippen molar-refractivity contribution in [3.8, 4) is 10.4 Å². The first kappa shape index (κ1) is 19.0. The smallest absolute Gasteiger partial charge is 0.117 e. The third-order valence-electron chi connectivity index (χ3n) is 5.81. The average Bonchev–Trinajstić information content (AvgIpc) is 3.02. The van der Waals surface area contributed by atoms with Gasteiger partial charge in [0.2, 0.25) is 0 Å². The van der Waals surface area contributed by atoms with Gasteiger partial charge < -0.3 is 5.11 Å². The predicted octanol–water partition coefficient (Wildman–Crippen LogP) is 7.36. The summed E-state index contributed by atoms with van der Waals surface area (Å²) >= 11 is 1.83. The maximum Gasteiger partial charge on any atom is 0.117 e. The molecular weight excluding hydrogens is 360 g/mol. The second-order valence-corrected chi connectivity index (χ2v) is 9.96. The molecule has 1 nitrogen and oxygen atoms in total. The highest BCUT2D eigenvalue weighted by Gasteiger charge is 2.31. The number of aliphatic hydroxyl groups is 1. The third-order valence-corrected chi connectivity index (χ3v) is 7.15. The SMILES string of the molecule is C=C(O)c1c(-c2ccc(Cc3ccc(C)cc3)cc2)sc2c1CC(C)(C)CC2. The van der Waals surface area contributed by atoms with Crippen molar-refractivity contribution in [2.75, 3.05) is 0 Å². The summed E-state index contributed by atoms with van der Waals surface area (Å²) < 4.78 is 0. The highest BCUT2D eigenvalue weighted by Crippen LogP contribution is 2.46. The lowest BCUT2D eigenvalue weighted by Gasteiger charge is -2.30. The normalized spacial score (nSPS) is 15.2. The zero-order chi connectivity index (χ0) is 19.9. The van der Waals surface area contributed by atoms with Crippen molar-refractivity contribution in [2.45, 2.75) is 46.5 Å². The number of aryl methyl sites for hydroxylation is 2. The molecule has 0 aliphatic heterocycles. The van der Waals surface area contributed by atoms with Gasteiger partial charge in [-0.1, -0.05) is 74.5 Å². The van der Waals surface area contributed by atoms with Gasteiger partial charge in [-0.05, 0) is 60.3 Å². The van der Waals surface area contributed by atoms with Crippen LogP contribution in [-0.4, -0.2) is 5.11 Å². The number of hydrogen-bond donors (Lipinski definition) is 1. The minimum Gasteiger partial charge on any atom is -0.508 e. The summed E-state index contributed by atoms with van der Waals surface area (Å²) in [7, 11) is 0. The molecule has 0 spiro atoms. The Hall–Kier alpha value is -2.32. The van der Waals surface area contributed by atoms with Gasteiger partial charge in [0.15, 0.2) is 0 Å². The molecule has 0 saturated heterocycles. The van der Waals surface area contributed by atoms with Gasteiger partial charge in [0, 0.05) is 15.3 Å². The predicted molar refractivity (Wildman–Crippen MR) is 121 cm³/mol. The van der Waals surface area contributed by atoms with Crippen molar-refractivity contribution in [2.24, 2.45) is 5.41 Å². The van der Waals surface area contributed by atoms with Crippen LogP contribution in [0.25, 0.3) is 16.2 Å². The van der Waals surface area contributed by atoms with Gasteiger partial charge in [-0.2, -0.15) is 0 Å². The molecule has 3 aromatic rings. The molecular formula is C26H28OS. The maximum atomic E-state index is 10.4. The summed E-state index contributed by atoms with van der Waals surface area (Å²) in [6.45, 7) is 10.6. The zero-order valence-electron chi connectivity index (χ0n) is 17.0. The van der Waals surface area contributed by atoms with E-state index in [9.17, 15) is 5.11 Å². The molecule has 1 aromatic heterocycles. The molecule has 0 fully saturated rings. The van der Waals surface area contributed by atoms with Crippen LogP contribution in [0.1, 0.15) is 53.0 Å². The zero-order valence-corrected chi connectivity index (χ0v) is 17.8. The fourth-order valence-electron chi connectivity index (χ4n) is 4.14. The van der Waals surface area contributed by atoms with Crippen LogP contribution in [0, 0.1) is 12.3 Å². The molecule has 1 heterocycles. The minimum absolute atomic E-state index is 0.203. The number of hydrogen-bond acceptors (Lipinski definition) is 2. The third kappa shape index (κ3) is 3.79. The van der Waals surface area contributed by atoms with Gasteiger partial charge in [0.25, 0.3) is 0 Å². The summed E-state index contributed by atoms with van der Waals surface area (Å²) in [4.78, 5) is 2.58. The van der Waals surface area contributed by atoms with E-state index in [1.807, 2.05) is 11.3 Å². The topological polar surface area (TPSA) is 20.2 Å². The van der Waals surface area contributed by atoms with E-state index >= 15 is 0 Å². The Kier molecular flexibility index (Phi) is 4.93. The van der Waals surface area contributed by atoms with Gasteiger partial charge in [-0.25, -0.2) is 0 Å². The maximum absolute atomic E-state index is 10.4. The molecule has 144 valence electrons. The second kappa shape index (κ2) is 7.25. The highest BCUT2D eigenvalue weighted by molar-refractivity contribution is 7.16. The van der Waals surface area contributed by atoms with Crippen LogP contribution in [0.3, 0.4) is 0 Å². The van der Waals surface area contributed by atoms with Crippen molar-refractivity contribution in [1.82, 2.24) is 0 Å². The van der Waals surface area contributed by atoms with Gasteiger partial charge >= 0.3 is 0 Å². The number of benzene rings is 2. The summed E-state index contributed by atoms with van der Waals surface area (Å²) in [6.07, 6.45) is 4.25. The molecule has 4 rings (SSSR count). The molecule has 1 aliphatic carbocycles. The number of rotatable bonds is 4. The Morgan fingerprint density at radius 3 is 2.25 bits per heavy atom. The number of thiophene rings is 1. The molecule has 28 heavy (non-hydrogen) atoms. The van der Waals surface area contributed by atoms with Crippen molar-refractivity contribution < 1.29 is 5.11 Å². The first-order valence-corrected chi connectivity index (χ1v) is 10.8. The Morgan fingerprint density at radius 1 is 1.04 bits per heavy atom. The standard InChI is InChI=1S/C26H28OS/c1-17-5-7-19(8-6-17)15-20-9-11-21(12-10-20)25-24(18(2)27)22-16-26(3,4)14-13-23(22)28-25/h5-12,27H,2,13-16H2,1,3-4H3. The first-order chi connectivity index (χ1) is 13.3. The fraction of sp³-hybridized carbons (Fsp3) is 0.308. The van der Waals surface area contributed by atoms with Crippen LogP contribution >= 0.6 is 11.3 Å². The number of fused-ring (bicyclic) bond motifs is 1. The summed E-state index contributed by atoms with van der Waals surface area (Å²) in [5, 5.41) is 10.4. The Morgan fingerprint density at radius 2 is 1.64 bits per heavy atom. The van der Waals surface area contributed by atoms with Crippen molar-refractivity contribution in [3.05, 3.63) is 87.8 Å². The van der Waals surface area contributed by atoms with E-state index in [0.717, 1.165) is 29.7 Å². The van der Waals surface area contributed by atoms with E-state index in [-0.39, 0.29) is 11.2 Å². The van der Waals surface area contributed by atoms with Crippen LogP contribution in [0.15, 0.2) is 55.1 Å². The highest BCUT2D eigenvalue weighted by atomic mass is 32.1. The number of aliphatic hydroxyl groups excluding tert-OH is 1. The van der Waals surface area contributed by atoms with Crippen molar-refractivity contribution >= 4 is 17.1 Å². The van der Waals surface area contributed by atoms with Gasteiger partial charge in [-0.15, -0.1) is 11.3 Å². The van der Waals surface area contributed by atoms with Crippen LogP contribution in [0.4, 0.5) is 0 Å². The summed E-state index contributed by atoms with van der Waals surface area (Å²) in [5.74, 6) is 0.203. The second-order valence-electron chi connectivity index (χ2n) is 8.85. The summed E-state index contributed by atoms with van der Waals surface area (Å²) in [6, 6.07) is 17.5. The van der Waals surface area contributed by atoms with E-state index in [1.54, 1.807) is 0 Å². The van der Waals surface area contributed by atoms with E-state index in [4.69, 9.17) is 0 Å². The Labute approximate surface area is 172 Å². The molecule has 0 unspecified atom stereocenters. The Bertz CT molecular complexity index is 1000. The molecule has 1 aliphatic rings. The lowest BCUT2D eigenvalue weighted by molar-refractivity contribution is 0.317. The van der Waals surface area contributed by atoms with E-state index in [1.165, 1.54) is 39.1 Å². The van der Waals surface area contributed by atoms with Crippen LogP contribution in [-0.2, 0) is 19.3 Å². The van der Waals surface area contributed by atoms with E-state index in [0.29, 0.717) is 0 Å². The molecule has 2 aromatic carbocycles. The molecule has 0 radical (unpaired) electrons. The van der Waals surface area contributed by atoms with Crippen molar-refractivity contribution in [3.63, 3.8) is 0 Å². The Balaban J connectivity index is 1.65. The molecule has 0 atom stereocenters. The quantitative estimate of drug-likeness (QED) is 0.463. The fourth-order valence-corrected chi connectivity index (χ4v) is 5.49. The molecule has 0 bridgehead atoms. The monoisotopic (exact) mass is 388 g/mol.